The molecule has 0 saturated heterocycles. The first-order valence-corrected chi connectivity index (χ1v) is 6.33. The lowest BCUT2D eigenvalue weighted by Crippen LogP contribution is -2.06. The number of H-pyrrole nitrogens is 1. The average Bonchev–Trinajstić information content (AvgIpc) is 2.82. The number of carbonyl (C=O) groups is 1. The fourth-order valence-electron chi connectivity index (χ4n) is 2.14. The Labute approximate surface area is 119 Å². The van der Waals surface area contributed by atoms with Crippen LogP contribution in [-0.4, -0.2) is 21.2 Å². The minimum absolute atomic E-state index is 0.271. The SMILES string of the molecule is O=C(O)Nc1ccc2nc(Cc3ccc(F)cc3)[nH]c2c1. The fourth-order valence-corrected chi connectivity index (χ4v) is 2.14. The van der Waals surface area contributed by atoms with Gasteiger partial charge in [-0.15, -0.1) is 0 Å². The molecule has 0 aliphatic carbocycles. The van der Waals surface area contributed by atoms with Gasteiger partial charge in [0.2, 0.25) is 0 Å². The summed E-state index contributed by atoms with van der Waals surface area (Å²) in [4.78, 5) is 18.2. The first-order valence-electron chi connectivity index (χ1n) is 6.33. The Morgan fingerprint density at radius 2 is 2.00 bits per heavy atom. The van der Waals surface area contributed by atoms with Gasteiger partial charge in [-0.3, -0.25) is 5.32 Å². The molecule has 0 fully saturated rings. The molecular formula is C15H12FN3O2. The Morgan fingerprint density at radius 3 is 2.71 bits per heavy atom. The van der Waals surface area contributed by atoms with E-state index in [2.05, 4.69) is 15.3 Å². The molecule has 0 unspecified atom stereocenters. The van der Waals surface area contributed by atoms with Crippen LogP contribution >= 0.6 is 0 Å². The second kappa shape index (κ2) is 5.24. The summed E-state index contributed by atoms with van der Waals surface area (Å²) in [6.07, 6.45) is -0.559. The van der Waals surface area contributed by atoms with Gasteiger partial charge in [0.05, 0.1) is 11.0 Å². The average molecular weight is 285 g/mol. The Kier molecular flexibility index (Phi) is 3.27. The van der Waals surface area contributed by atoms with E-state index in [0.29, 0.717) is 12.1 Å². The van der Waals surface area contributed by atoms with Gasteiger partial charge in [-0.1, -0.05) is 12.1 Å². The number of hydrogen-bond acceptors (Lipinski definition) is 2. The van der Waals surface area contributed by atoms with E-state index in [1.54, 1.807) is 30.3 Å². The molecular weight excluding hydrogens is 273 g/mol. The Morgan fingerprint density at radius 1 is 1.24 bits per heavy atom. The highest BCUT2D eigenvalue weighted by atomic mass is 19.1. The van der Waals surface area contributed by atoms with Crippen LogP contribution in [0.4, 0.5) is 14.9 Å². The van der Waals surface area contributed by atoms with Crippen molar-refractivity contribution in [2.75, 3.05) is 5.32 Å². The zero-order chi connectivity index (χ0) is 14.8. The van der Waals surface area contributed by atoms with Crippen molar-refractivity contribution in [1.82, 2.24) is 9.97 Å². The van der Waals surface area contributed by atoms with Crippen molar-refractivity contribution < 1.29 is 14.3 Å². The number of nitrogens with zero attached hydrogens (tertiary/aromatic N) is 1. The Balaban J connectivity index is 1.86. The van der Waals surface area contributed by atoms with Crippen molar-refractivity contribution in [1.29, 1.82) is 0 Å². The van der Waals surface area contributed by atoms with Crippen molar-refractivity contribution in [3.63, 3.8) is 0 Å². The number of hydrogen-bond donors (Lipinski definition) is 3. The molecule has 3 aromatic rings. The summed E-state index contributed by atoms with van der Waals surface area (Å²) in [6.45, 7) is 0. The third kappa shape index (κ3) is 3.00. The zero-order valence-corrected chi connectivity index (χ0v) is 10.9. The molecule has 0 radical (unpaired) electrons. The van der Waals surface area contributed by atoms with Crippen LogP contribution in [0.1, 0.15) is 11.4 Å². The van der Waals surface area contributed by atoms with Gasteiger partial charge in [-0.05, 0) is 35.9 Å². The lowest BCUT2D eigenvalue weighted by Gasteiger charge is -1.99. The number of benzene rings is 2. The zero-order valence-electron chi connectivity index (χ0n) is 10.9. The Hall–Kier alpha value is -2.89. The predicted octanol–water partition coefficient (Wildman–Crippen LogP) is 3.38. The maximum absolute atomic E-state index is 12.9. The first kappa shape index (κ1) is 13.1. The van der Waals surface area contributed by atoms with Crippen LogP contribution in [0.5, 0.6) is 0 Å². The van der Waals surface area contributed by atoms with Gasteiger partial charge >= 0.3 is 6.09 Å². The molecule has 0 aliphatic rings. The van der Waals surface area contributed by atoms with Crippen LogP contribution < -0.4 is 5.32 Å². The molecule has 3 rings (SSSR count). The van der Waals surface area contributed by atoms with Gasteiger partial charge in [0.1, 0.15) is 11.6 Å². The van der Waals surface area contributed by atoms with E-state index in [0.717, 1.165) is 22.4 Å². The summed E-state index contributed by atoms with van der Waals surface area (Å²) in [5.41, 5.74) is 2.92. The highest BCUT2D eigenvalue weighted by molar-refractivity contribution is 5.87. The number of aromatic nitrogens is 2. The molecule has 0 atom stereocenters. The van der Waals surface area contributed by atoms with E-state index >= 15 is 0 Å². The van der Waals surface area contributed by atoms with Crippen LogP contribution in [-0.2, 0) is 6.42 Å². The largest absolute Gasteiger partial charge is 0.465 e. The van der Waals surface area contributed by atoms with E-state index in [9.17, 15) is 9.18 Å². The second-order valence-electron chi connectivity index (χ2n) is 4.65. The van der Waals surface area contributed by atoms with Crippen LogP contribution in [0.3, 0.4) is 0 Å². The minimum Gasteiger partial charge on any atom is -0.465 e. The topological polar surface area (TPSA) is 78.0 Å². The van der Waals surface area contributed by atoms with Crippen molar-refractivity contribution in [2.45, 2.75) is 6.42 Å². The third-order valence-electron chi connectivity index (χ3n) is 3.07. The lowest BCUT2D eigenvalue weighted by molar-refractivity contribution is 0.210. The minimum atomic E-state index is -1.11. The van der Waals surface area contributed by atoms with Gasteiger partial charge in [0.25, 0.3) is 0 Å². The van der Waals surface area contributed by atoms with Gasteiger partial charge in [0.15, 0.2) is 0 Å². The molecule has 0 bridgehead atoms. The number of nitrogens with one attached hydrogen (secondary N) is 2. The molecule has 6 heteroatoms. The van der Waals surface area contributed by atoms with Crippen LogP contribution in [0.25, 0.3) is 11.0 Å². The number of rotatable bonds is 3. The summed E-state index contributed by atoms with van der Waals surface area (Å²) < 4.78 is 12.9. The maximum Gasteiger partial charge on any atom is 0.409 e. The molecule has 3 N–H and O–H groups in total. The number of aromatic amines is 1. The highest BCUT2D eigenvalue weighted by Crippen LogP contribution is 2.18. The normalized spacial score (nSPS) is 10.7. The molecule has 5 nitrogen and oxygen atoms in total. The Bertz CT molecular complexity index is 796. The quantitative estimate of drug-likeness (QED) is 0.690. The van der Waals surface area contributed by atoms with Gasteiger partial charge in [-0.2, -0.15) is 0 Å². The summed E-state index contributed by atoms with van der Waals surface area (Å²) in [5.74, 6) is 0.469. The van der Waals surface area contributed by atoms with E-state index in [1.165, 1.54) is 12.1 Å². The number of amides is 1. The van der Waals surface area contributed by atoms with E-state index < -0.39 is 6.09 Å². The van der Waals surface area contributed by atoms with E-state index in [-0.39, 0.29) is 5.82 Å². The first-order chi connectivity index (χ1) is 10.1. The van der Waals surface area contributed by atoms with Crippen molar-refractivity contribution >= 4 is 22.8 Å². The molecule has 0 aliphatic heterocycles. The molecule has 1 amide bonds. The smallest absolute Gasteiger partial charge is 0.409 e. The number of halogens is 1. The number of anilines is 1. The van der Waals surface area contributed by atoms with Crippen molar-refractivity contribution in [3.05, 3.63) is 59.7 Å². The van der Waals surface area contributed by atoms with Gasteiger partial charge in [-0.25, -0.2) is 14.2 Å². The van der Waals surface area contributed by atoms with Crippen LogP contribution in [0.2, 0.25) is 0 Å². The molecule has 0 saturated carbocycles. The van der Waals surface area contributed by atoms with Crippen molar-refractivity contribution in [2.24, 2.45) is 0 Å². The van der Waals surface area contributed by atoms with Crippen LogP contribution in [0, 0.1) is 5.82 Å². The summed E-state index contributed by atoms with van der Waals surface area (Å²) >= 11 is 0. The summed E-state index contributed by atoms with van der Waals surface area (Å²) in [5, 5.41) is 11.0. The van der Waals surface area contributed by atoms with Gasteiger partial charge in [0, 0.05) is 12.1 Å². The molecule has 1 heterocycles. The predicted molar refractivity (Wildman–Crippen MR) is 76.9 cm³/mol. The molecule has 1 aromatic heterocycles. The molecule has 106 valence electrons. The second-order valence-corrected chi connectivity index (χ2v) is 4.65. The maximum atomic E-state index is 12.9. The van der Waals surface area contributed by atoms with E-state index in [1.807, 2.05) is 0 Å². The molecule has 21 heavy (non-hydrogen) atoms. The molecule has 2 aromatic carbocycles. The summed E-state index contributed by atoms with van der Waals surface area (Å²) in [6, 6.07) is 11.3. The van der Waals surface area contributed by atoms with Crippen molar-refractivity contribution in [3.8, 4) is 0 Å². The number of imidazole rings is 1. The number of carboxylic acid groups (broad SMARTS) is 1. The van der Waals surface area contributed by atoms with Gasteiger partial charge < -0.3 is 10.1 Å². The highest BCUT2D eigenvalue weighted by Gasteiger charge is 2.06. The molecule has 0 spiro atoms. The lowest BCUT2D eigenvalue weighted by atomic mass is 10.1. The number of fused-ring (bicyclic) bond motifs is 1. The third-order valence-corrected chi connectivity index (χ3v) is 3.07. The monoisotopic (exact) mass is 285 g/mol. The van der Waals surface area contributed by atoms with Crippen LogP contribution in [0.15, 0.2) is 42.5 Å². The van der Waals surface area contributed by atoms with E-state index in [4.69, 9.17) is 5.11 Å². The fraction of sp³-hybridized carbons (Fsp3) is 0.0667. The standard InChI is InChI=1S/C15H12FN3O2/c16-10-3-1-9(2-4-10)7-14-18-12-6-5-11(17-15(20)21)8-13(12)19-14/h1-6,8,17H,7H2,(H,18,19)(H,20,21). The summed E-state index contributed by atoms with van der Waals surface area (Å²) in [7, 11) is 0.